The van der Waals surface area contributed by atoms with Gasteiger partial charge in [0.25, 0.3) is 0 Å². The van der Waals surface area contributed by atoms with E-state index >= 15 is 0 Å². The number of benzene rings is 1. The number of nitrogens with one attached hydrogen (secondary N) is 1. The molecule has 6 heteroatoms. The fraction of sp³-hybridized carbons (Fsp3) is 0.417. The molecule has 0 saturated carbocycles. The second-order valence-electron chi connectivity index (χ2n) is 4.35. The third kappa shape index (κ3) is 2.68. The van der Waals surface area contributed by atoms with E-state index in [0.29, 0.717) is 15.5 Å². The minimum atomic E-state index is -0.784. The molecule has 0 radical (unpaired) electrons. The monoisotopic (exact) mass is 302 g/mol. The standard InChI is InChI=1S/C12H15ClN2OS2/c1-8(6-7-18(2)16)15-11-9(13)4-3-5-10(11)14-12(15)17/h3-5,8H,6-7H2,1-2H3,(H,14,17). The number of aromatic amines is 1. The molecule has 0 aliphatic carbocycles. The fourth-order valence-electron chi connectivity index (χ4n) is 2.02. The molecule has 0 saturated heterocycles. The van der Waals surface area contributed by atoms with Crippen molar-refractivity contribution in [2.45, 2.75) is 19.4 Å². The van der Waals surface area contributed by atoms with E-state index in [2.05, 4.69) is 11.9 Å². The molecular formula is C12H15ClN2OS2. The fourth-order valence-corrected chi connectivity index (χ4v) is 3.34. The zero-order chi connectivity index (χ0) is 13.3. The highest BCUT2D eigenvalue weighted by Crippen LogP contribution is 2.27. The van der Waals surface area contributed by atoms with E-state index in [0.717, 1.165) is 17.5 Å². The Morgan fingerprint density at radius 2 is 2.28 bits per heavy atom. The maximum absolute atomic E-state index is 11.2. The summed E-state index contributed by atoms with van der Waals surface area (Å²) in [5.41, 5.74) is 1.87. The van der Waals surface area contributed by atoms with Crippen LogP contribution in [0.2, 0.25) is 5.02 Å². The van der Waals surface area contributed by atoms with Crippen LogP contribution >= 0.6 is 23.8 Å². The number of nitrogens with zero attached hydrogens (tertiary/aromatic N) is 1. The van der Waals surface area contributed by atoms with Crippen LogP contribution in [0.4, 0.5) is 0 Å². The first kappa shape index (κ1) is 13.8. The number of rotatable bonds is 4. The molecule has 0 amide bonds. The number of H-pyrrole nitrogens is 1. The second-order valence-corrected chi connectivity index (χ2v) is 6.70. The maximum atomic E-state index is 11.2. The summed E-state index contributed by atoms with van der Waals surface area (Å²) in [4.78, 5) is 3.15. The zero-order valence-corrected chi connectivity index (χ0v) is 12.7. The maximum Gasteiger partial charge on any atom is 0.178 e. The van der Waals surface area contributed by atoms with E-state index in [9.17, 15) is 4.21 Å². The third-order valence-electron chi connectivity index (χ3n) is 2.95. The van der Waals surface area contributed by atoms with Crippen LogP contribution in [0.15, 0.2) is 18.2 Å². The average molecular weight is 303 g/mol. The second kappa shape index (κ2) is 5.55. The van der Waals surface area contributed by atoms with Gasteiger partial charge >= 0.3 is 0 Å². The summed E-state index contributed by atoms with van der Waals surface area (Å²) in [6, 6.07) is 5.88. The molecule has 0 fully saturated rings. The Balaban J connectivity index is 2.46. The van der Waals surface area contributed by atoms with Crippen LogP contribution in [0.1, 0.15) is 19.4 Å². The van der Waals surface area contributed by atoms with Gasteiger partial charge in [0.2, 0.25) is 0 Å². The van der Waals surface area contributed by atoms with E-state index in [4.69, 9.17) is 23.8 Å². The van der Waals surface area contributed by atoms with Crippen molar-refractivity contribution < 1.29 is 4.21 Å². The highest BCUT2D eigenvalue weighted by atomic mass is 35.5. The van der Waals surface area contributed by atoms with Gasteiger partial charge in [0.15, 0.2) is 4.77 Å². The molecule has 0 aliphatic rings. The van der Waals surface area contributed by atoms with Crippen molar-refractivity contribution in [1.29, 1.82) is 0 Å². The normalized spacial score (nSPS) is 14.8. The van der Waals surface area contributed by atoms with Gasteiger partial charge in [0.1, 0.15) is 0 Å². The molecule has 2 aromatic rings. The minimum Gasteiger partial charge on any atom is -0.331 e. The first-order valence-electron chi connectivity index (χ1n) is 5.69. The van der Waals surface area contributed by atoms with Crippen molar-refractivity contribution in [3.05, 3.63) is 28.0 Å². The minimum absolute atomic E-state index is 0.176. The van der Waals surface area contributed by atoms with Gasteiger partial charge in [0, 0.05) is 28.9 Å². The van der Waals surface area contributed by atoms with Crippen molar-refractivity contribution >= 4 is 45.7 Å². The lowest BCUT2D eigenvalue weighted by Gasteiger charge is -2.14. The third-order valence-corrected chi connectivity index (χ3v) is 4.37. The van der Waals surface area contributed by atoms with Crippen LogP contribution in [0.25, 0.3) is 11.0 Å². The molecule has 18 heavy (non-hydrogen) atoms. The quantitative estimate of drug-likeness (QED) is 0.875. The van der Waals surface area contributed by atoms with Crippen LogP contribution in [0.5, 0.6) is 0 Å². The number of imidazole rings is 1. The summed E-state index contributed by atoms with van der Waals surface area (Å²) in [6.07, 6.45) is 2.53. The Morgan fingerprint density at radius 1 is 1.56 bits per heavy atom. The van der Waals surface area contributed by atoms with Crippen molar-refractivity contribution in [3.63, 3.8) is 0 Å². The predicted molar refractivity (Wildman–Crippen MR) is 80.4 cm³/mol. The van der Waals surface area contributed by atoms with Gasteiger partial charge in [-0.15, -0.1) is 0 Å². The van der Waals surface area contributed by atoms with E-state index < -0.39 is 10.8 Å². The van der Waals surface area contributed by atoms with Crippen LogP contribution in [-0.2, 0) is 10.8 Å². The SMILES string of the molecule is CC(CCS(C)=O)n1c(=S)[nH]c2cccc(Cl)c21. The average Bonchev–Trinajstić information content (AvgIpc) is 2.63. The Morgan fingerprint density at radius 3 is 2.94 bits per heavy atom. The van der Waals surface area contributed by atoms with Crippen LogP contribution < -0.4 is 0 Å². The number of para-hydroxylation sites is 1. The van der Waals surface area contributed by atoms with Crippen LogP contribution in [-0.4, -0.2) is 25.8 Å². The molecule has 0 aliphatic heterocycles. The molecule has 3 nitrogen and oxygen atoms in total. The van der Waals surface area contributed by atoms with Gasteiger partial charge < -0.3 is 9.55 Å². The van der Waals surface area contributed by atoms with Crippen molar-refractivity contribution in [1.82, 2.24) is 9.55 Å². The summed E-state index contributed by atoms with van der Waals surface area (Å²) < 4.78 is 13.8. The summed E-state index contributed by atoms with van der Waals surface area (Å²) in [7, 11) is -0.784. The number of aromatic nitrogens is 2. The summed E-state index contributed by atoms with van der Waals surface area (Å²) in [6.45, 7) is 2.07. The lowest BCUT2D eigenvalue weighted by molar-refractivity contribution is 0.539. The molecule has 1 aromatic heterocycles. The molecule has 2 atom stereocenters. The van der Waals surface area contributed by atoms with Gasteiger partial charge in [-0.25, -0.2) is 0 Å². The molecule has 1 aromatic carbocycles. The van der Waals surface area contributed by atoms with E-state index in [1.807, 2.05) is 22.8 Å². The molecule has 2 unspecified atom stereocenters. The zero-order valence-electron chi connectivity index (χ0n) is 10.3. The molecule has 0 bridgehead atoms. The van der Waals surface area contributed by atoms with Gasteiger partial charge in [-0.3, -0.25) is 4.21 Å². The van der Waals surface area contributed by atoms with E-state index in [-0.39, 0.29) is 6.04 Å². The van der Waals surface area contributed by atoms with Crippen LogP contribution in [0, 0.1) is 4.77 Å². The Kier molecular flexibility index (Phi) is 4.25. The van der Waals surface area contributed by atoms with Crippen molar-refractivity contribution in [3.8, 4) is 0 Å². The molecule has 1 N–H and O–H groups in total. The van der Waals surface area contributed by atoms with Gasteiger partial charge in [-0.2, -0.15) is 0 Å². The Bertz CT molecular complexity index is 647. The van der Waals surface area contributed by atoms with E-state index in [1.165, 1.54) is 0 Å². The first-order chi connectivity index (χ1) is 8.50. The highest BCUT2D eigenvalue weighted by molar-refractivity contribution is 7.84. The molecule has 1 heterocycles. The number of hydrogen-bond donors (Lipinski definition) is 1. The summed E-state index contributed by atoms with van der Waals surface area (Å²) in [5.74, 6) is 0.667. The predicted octanol–water partition coefficient (Wildman–Crippen LogP) is 3.68. The van der Waals surface area contributed by atoms with Gasteiger partial charge in [-0.05, 0) is 37.7 Å². The highest BCUT2D eigenvalue weighted by Gasteiger charge is 2.13. The summed E-state index contributed by atoms with van der Waals surface area (Å²) >= 11 is 11.6. The van der Waals surface area contributed by atoms with Gasteiger partial charge in [-0.1, -0.05) is 17.7 Å². The number of hydrogen-bond acceptors (Lipinski definition) is 2. The molecule has 2 rings (SSSR count). The van der Waals surface area contributed by atoms with Crippen molar-refractivity contribution in [2.75, 3.05) is 12.0 Å². The largest absolute Gasteiger partial charge is 0.331 e. The molecular weight excluding hydrogens is 288 g/mol. The summed E-state index contributed by atoms with van der Waals surface area (Å²) in [5, 5.41) is 0.685. The molecule has 98 valence electrons. The molecule has 0 spiro atoms. The van der Waals surface area contributed by atoms with Crippen LogP contribution in [0.3, 0.4) is 0 Å². The first-order valence-corrected chi connectivity index (χ1v) is 8.21. The smallest absolute Gasteiger partial charge is 0.178 e. The lowest BCUT2D eigenvalue weighted by atomic mass is 10.2. The Labute approximate surface area is 119 Å². The van der Waals surface area contributed by atoms with E-state index in [1.54, 1.807) is 6.26 Å². The number of fused-ring (bicyclic) bond motifs is 1. The topological polar surface area (TPSA) is 37.8 Å². The number of halogens is 1. The van der Waals surface area contributed by atoms with Gasteiger partial charge in [0.05, 0.1) is 16.1 Å². The lowest BCUT2D eigenvalue weighted by Crippen LogP contribution is -2.09. The Hall–Kier alpha value is -0.650. The van der Waals surface area contributed by atoms with Crippen molar-refractivity contribution in [2.24, 2.45) is 0 Å².